The Morgan fingerprint density at radius 2 is 1.89 bits per heavy atom. The third kappa shape index (κ3) is 7.23. The molecule has 188 valence electrons. The maximum atomic E-state index is 13.4. The van der Waals surface area contributed by atoms with E-state index in [0.717, 1.165) is 25.3 Å². The van der Waals surface area contributed by atoms with Crippen molar-refractivity contribution in [1.29, 1.82) is 0 Å². The highest BCUT2D eigenvalue weighted by Crippen LogP contribution is 2.36. The fourth-order valence-corrected chi connectivity index (χ4v) is 5.54. The maximum Gasteiger partial charge on any atom is 0.443 e. The molecule has 2 unspecified atom stereocenters. The van der Waals surface area contributed by atoms with E-state index < -0.39 is 28.0 Å². The summed E-state index contributed by atoms with van der Waals surface area (Å²) in [5.41, 5.74) is 1.07. The monoisotopic (exact) mass is 531 g/mol. The van der Waals surface area contributed by atoms with E-state index in [9.17, 15) is 31.0 Å². The zero-order valence-corrected chi connectivity index (χ0v) is 20.2. The Morgan fingerprint density at radius 1 is 1.17 bits per heavy atom. The molecule has 12 heteroatoms. The van der Waals surface area contributed by atoms with Gasteiger partial charge in [-0.15, -0.1) is 11.3 Å². The van der Waals surface area contributed by atoms with Gasteiger partial charge >= 0.3 is 6.18 Å². The minimum atomic E-state index is -4.47. The molecule has 0 spiro atoms. The lowest BCUT2D eigenvalue weighted by atomic mass is 10.1. The normalized spacial score (nSPS) is 17.0. The highest BCUT2D eigenvalue weighted by Gasteiger charge is 2.34. The van der Waals surface area contributed by atoms with Crippen LogP contribution in [0.15, 0.2) is 53.6 Å². The van der Waals surface area contributed by atoms with E-state index in [1.807, 2.05) is 0 Å². The fraction of sp³-hybridized carbons (Fsp3) is 0.304. The molecule has 5 nitrogen and oxygen atoms in total. The summed E-state index contributed by atoms with van der Waals surface area (Å²) in [6.07, 6.45) is -0.906. The van der Waals surface area contributed by atoms with Crippen LogP contribution in [0.5, 0.6) is 0 Å². The van der Waals surface area contributed by atoms with Crippen molar-refractivity contribution in [2.45, 2.75) is 36.5 Å². The second-order valence-electron chi connectivity index (χ2n) is 7.60. The number of alkyl halides is 3. The molecule has 0 amide bonds. The molecule has 1 N–H and O–H groups in total. The van der Waals surface area contributed by atoms with Gasteiger partial charge in [-0.2, -0.15) is 13.2 Å². The fourth-order valence-electron chi connectivity index (χ4n) is 3.43. The van der Waals surface area contributed by atoms with E-state index in [4.69, 9.17) is 0 Å². The molecule has 2 heterocycles. The summed E-state index contributed by atoms with van der Waals surface area (Å²) in [7, 11) is 0.346. The van der Waals surface area contributed by atoms with E-state index in [1.54, 1.807) is 17.4 Å². The summed E-state index contributed by atoms with van der Waals surface area (Å²) in [5.74, 6) is -0.834. The first-order valence-electron chi connectivity index (χ1n) is 10.5. The van der Waals surface area contributed by atoms with E-state index in [1.165, 1.54) is 36.4 Å². The van der Waals surface area contributed by atoms with Crippen molar-refractivity contribution >= 4 is 28.6 Å². The van der Waals surface area contributed by atoms with Gasteiger partial charge in [-0.25, -0.2) is 22.3 Å². The Hall–Kier alpha value is -2.54. The summed E-state index contributed by atoms with van der Waals surface area (Å²) >= 11 is 0.505. The molecule has 1 aliphatic heterocycles. The van der Waals surface area contributed by atoms with Gasteiger partial charge in [-0.1, -0.05) is 0 Å². The lowest BCUT2D eigenvalue weighted by Gasteiger charge is -2.18. The Kier molecular flexibility index (Phi) is 9.22. The van der Waals surface area contributed by atoms with E-state index in [2.05, 4.69) is 10.3 Å². The second-order valence-corrected chi connectivity index (χ2v) is 10.1. The zero-order valence-electron chi connectivity index (χ0n) is 18.5. The molecule has 35 heavy (non-hydrogen) atoms. The average molecular weight is 532 g/mol. The molecule has 2 atom stereocenters. The molecule has 3 aromatic rings. The quantitative estimate of drug-likeness (QED) is 0.351. The number of benzene rings is 2. The smallest absolute Gasteiger partial charge is 0.316 e. The van der Waals surface area contributed by atoms with Crippen LogP contribution in [0.25, 0.3) is 10.4 Å². The number of carbonyl (C=O) groups excluding carboxylic acids is 1. The summed E-state index contributed by atoms with van der Waals surface area (Å²) in [5, 5.41) is 1.93. The third-order valence-corrected chi connectivity index (χ3v) is 7.65. The number of thiazole rings is 1. The van der Waals surface area contributed by atoms with Crippen molar-refractivity contribution in [1.82, 2.24) is 14.6 Å². The third-order valence-electron chi connectivity index (χ3n) is 5.00. The minimum absolute atomic E-state index is 0.272. The van der Waals surface area contributed by atoms with Crippen LogP contribution in [-0.4, -0.2) is 39.4 Å². The van der Waals surface area contributed by atoms with E-state index in [0.29, 0.717) is 45.3 Å². The van der Waals surface area contributed by atoms with Crippen LogP contribution in [0.1, 0.15) is 23.4 Å². The summed E-state index contributed by atoms with van der Waals surface area (Å²) in [4.78, 5) is 14.9. The molecular weight excluding hydrogens is 509 g/mol. The van der Waals surface area contributed by atoms with Gasteiger partial charge in [0.15, 0.2) is 5.01 Å². The Balaban J connectivity index is 0.000000198. The predicted octanol–water partition coefficient (Wildman–Crippen LogP) is 5.20. The first kappa shape index (κ1) is 27.1. The van der Waals surface area contributed by atoms with Crippen LogP contribution in [0.4, 0.5) is 22.0 Å². The molecule has 1 saturated heterocycles. The number of nitrogens with one attached hydrogen (secondary N) is 1. The number of aromatic nitrogens is 1. The Morgan fingerprint density at radius 3 is 2.49 bits per heavy atom. The summed E-state index contributed by atoms with van der Waals surface area (Å²) in [6.45, 7) is 1.09. The molecule has 0 saturated carbocycles. The number of hydrogen-bond donors (Lipinski definition) is 1. The van der Waals surface area contributed by atoms with E-state index >= 15 is 0 Å². The first-order chi connectivity index (χ1) is 16.6. The number of aldehydes is 1. The lowest BCUT2D eigenvalue weighted by Crippen LogP contribution is -2.32. The van der Waals surface area contributed by atoms with E-state index in [-0.39, 0.29) is 11.9 Å². The maximum absolute atomic E-state index is 13.4. The summed E-state index contributed by atoms with van der Waals surface area (Å²) in [6, 6.07) is 9.45. The van der Waals surface area contributed by atoms with Crippen LogP contribution in [0.2, 0.25) is 0 Å². The van der Waals surface area contributed by atoms with Crippen LogP contribution in [-0.2, 0) is 28.5 Å². The van der Waals surface area contributed by atoms with Crippen LogP contribution >= 0.6 is 11.3 Å². The lowest BCUT2D eigenvalue weighted by molar-refractivity contribution is -0.137. The number of nitrogens with zero attached hydrogens (tertiary/aromatic N) is 2. The molecular formula is C23H22F5N3O2S2. The average Bonchev–Trinajstić information content (AvgIpc) is 3.49. The van der Waals surface area contributed by atoms with Gasteiger partial charge in [-0.05, 0) is 73.5 Å². The van der Waals surface area contributed by atoms with Crippen molar-refractivity contribution in [3.8, 4) is 10.4 Å². The first-order valence-corrected chi connectivity index (χ1v) is 12.4. The van der Waals surface area contributed by atoms with Gasteiger partial charge < -0.3 is 10.1 Å². The standard InChI is InChI=1S/C12H10F4N2S.C11H12FNO2S/c1-17-5-7-2-8(4-9(13)3-7)10-6-18-11(19-10)12(14,15)16;12-9-3-5-11(6-4-9)16(15)13-7-1-2-10(13)8-14/h2-4,6,17H,5H2,1H3;3-6,8,10H,1-2,7H2. The molecule has 2 aromatic carbocycles. The highest BCUT2D eigenvalue weighted by atomic mass is 32.2. The summed E-state index contributed by atoms with van der Waals surface area (Å²) < 4.78 is 77.2. The predicted molar refractivity (Wildman–Crippen MR) is 124 cm³/mol. The molecule has 1 fully saturated rings. The molecule has 4 rings (SSSR count). The van der Waals surface area contributed by atoms with Crippen molar-refractivity contribution < 1.29 is 31.0 Å². The van der Waals surface area contributed by atoms with Gasteiger partial charge in [0.25, 0.3) is 0 Å². The molecule has 1 aliphatic rings. The second kappa shape index (κ2) is 11.9. The van der Waals surface area contributed by atoms with Crippen molar-refractivity contribution in [3.63, 3.8) is 0 Å². The van der Waals surface area contributed by atoms with Crippen LogP contribution in [0, 0.1) is 11.6 Å². The number of hydrogen-bond acceptors (Lipinski definition) is 5. The van der Waals surface area contributed by atoms with Crippen LogP contribution < -0.4 is 5.32 Å². The van der Waals surface area contributed by atoms with Gasteiger partial charge in [-0.3, -0.25) is 0 Å². The molecule has 1 aromatic heterocycles. The highest BCUT2D eigenvalue weighted by molar-refractivity contribution is 7.82. The molecule has 0 bridgehead atoms. The molecule has 0 radical (unpaired) electrons. The minimum Gasteiger partial charge on any atom is -0.316 e. The molecule has 0 aliphatic carbocycles. The zero-order chi connectivity index (χ0) is 25.6. The number of halogens is 5. The Labute approximate surface area is 205 Å². The van der Waals surface area contributed by atoms with Gasteiger partial charge in [0.2, 0.25) is 0 Å². The largest absolute Gasteiger partial charge is 0.443 e. The Bertz CT molecular complexity index is 1170. The number of rotatable bonds is 6. The SMILES string of the molecule is CNCc1cc(F)cc(-c2cnc(C(F)(F)F)s2)c1.O=CC1CCCN1S(=O)c1ccc(F)cc1. The van der Waals surface area contributed by atoms with Gasteiger partial charge in [0.1, 0.15) is 28.9 Å². The van der Waals surface area contributed by atoms with Gasteiger partial charge in [0, 0.05) is 19.3 Å². The van der Waals surface area contributed by atoms with Crippen LogP contribution in [0.3, 0.4) is 0 Å². The number of carbonyl (C=O) groups is 1. The van der Waals surface area contributed by atoms with Crippen molar-refractivity contribution in [2.75, 3.05) is 13.6 Å². The van der Waals surface area contributed by atoms with Gasteiger partial charge in [0.05, 0.1) is 15.8 Å². The topological polar surface area (TPSA) is 62.3 Å². The van der Waals surface area contributed by atoms with Crippen molar-refractivity contribution in [2.24, 2.45) is 0 Å². The van der Waals surface area contributed by atoms with Crippen molar-refractivity contribution in [3.05, 3.63) is 70.9 Å².